The Morgan fingerprint density at radius 3 is 1.92 bits per heavy atom. The molecule has 70 valence electrons. The minimum absolute atomic E-state index is 0.439. The first-order valence-corrected chi connectivity index (χ1v) is 7.85. The van der Waals surface area contributed by atoms with Gasteiger partial charge in [0.25, 0.3) is 0 Å². The van der Waals surface area contributed by atoms with Crippen molar-refractivity contribution in [1.82, 2.24) is 0 Å². The van der Waals surface area contributed by atoms with Crippen molar-refractivity contribution in [2.24, 2.45) is 0 Å². The molecule has 2 atom stereocenters. The number of hydrogen-bond donors (Lipinski definition) is 0. The minimum atomic E-state index is -1.69. The first-order chi connectivity index (χ1) is 5.67. The molecule has 1 aliphatic carbocycles. The van der Waals surface area contributed by atoms with E-state index in [0.29, 0.717) is 12.2 Å². The van der Waals surface area contributed by atoms with E-state index >= 15 is 0 Å². The van der Waals surface area contributed by atoms with Crippen molar-refractivity contribution in [3.8, 4) is 0 Å². The summed E-state index contributed by atoms with van der Waals surface area (Å²) < 4.78 is 11.9. The summed E-state index contributed by atoms with van der Waals surface area (Å²) >= 11 is 0. The summed E-state index contributed by atoms with van der Waals surface area (Å²) in [5, 5.41) is 0. The van der Waals surface area contributed by atoms with Crippen LogP contribution >= 0.6 is 0 Å². The zero-order valence-electron chi connectivity index (χ0n) is 8.01. The summed E-state index contributed by atoms with van der Waals surface area (Å²) in [4.78, 5) is 0. The molecule has 2 nitrogen and oxygen atoms in total. The smallest absolute Gasteiger partial charge is 0.332 e. The standard InChI is InChI=1S/C9H18O2Si/c1-12(2)10-8-6-4-3-5-7-9(8)11-12/h8-9H,3-7H2,1-2H3. The predicted molar refractivity (Wildman–Crippen MR) is 50.3 cm³/mol. The van der Waals surface area contributed by atoms with E-state index in [1.165, 1.54) is 32.1 Å². The average molecular weight is 186 g/mol. The summed E-state index contributed by atoms with van der Waals surface area (Å²) in [6.07, 6.45) is 7.34. The van der Waals surface area contributed by atoms with Gasteiger partial charge in [-0.25, -0.2) is 0 Å². The third-order valence-corrected chi connectivity index (χ3v) is 4.50. The second kappa shape index (κ2) is 3.12. The maximum absolute atomic E-state index is 5.95. The lowest BCUT2D eigenvalue weighted by molar-refractivity contribution is 0.148. The zero-order chi connectivity index (χ0) is 8.60. The Kier molecular flexibility index (Phi) is 2.27. The fourth-order valence-corrected chi connectivity index (χ4v) is 4.32. The van der Waals surface area contributed by atoms with E-state index in [1.807, 2.05) is 0 Å². The van der Waals surface area contributed by atoms with Gasteiger partial charge in [0.05, 0.1) is 12.2 Å². The van der Waals surface area contributed by atoms with Crippen molar-refractivity contribution >= 4 is 8.56 Å². The van der Waals surface area contributed by atoms with Crippen molar-refractivity contribution in [2.45, 2.75) is 57.4 Å². The normalized spacial score (nSPS) is 40.5. The second-order valence-electron chi connectivity index (χ2n) is 4.35. The lowest BCUT2D eigenvalue weighted by Gasteiger charge is -2.13. The van der Waals surface area contributed by atoms with Crippen LogP contribution in [0.3, 0.4) is 0 Å². The number of hydrogen-bond acceptors (Lipinski definition) is 2. The molecule has 1 aliphatic heterocycles. The van der Waals surface area contributed by atoms with Gasteiger partial charge in [0.2, 0.25) is 0 Å². The fraction of sp³-hybridized carbons (Fsp3) is 1.00. The van der Waals surface area contributed by atoms with Crippen LogP contribution < -0.4 is 0 Å². The molecule has 0 aromatic carbocycles. The molecule has 2 rings (SSSR count). The Morgan fingerprint density at radius 1 is 0.917 bits per heavy atom. The Bertz CT molecular complexity index is 154. The summed E-state index contributed by atoms with van der Waals surface area (Å²) in [6.45, 7) is 4.31. The molecule has 2 aliphatic rings. The lowest BCUT2D eigenvalue weighted by Crippen LogP contribution is -2.28. The van der Waals surface area contributed by atoms with Crippen molar-refractivity contribution in [2.75, 3.05) is 0 Å². The molecule has 0 aromatic rings. The van der Waals surface area contributed by atoms with Crippen LogP contribution in [0.5, 0.6) is 0 Å². The molecular formula is C9H18O2Si. The monoisotopic (exact) mass is 186 g/mol. The molecule has 12 heavy (non-hydrogen) atoms. The minimum Gasteiger partial charge on any atom is -0.389 e. The highest BCUT2D eigenvalue weighted by Crippen LogP contribution is 2.33. The van der Waals surface area contributed by atoms with Crippen molar-refractivity contribution < 1.29 is 8.85 Å². The van der Waals surface area contributed by atoms with Gasteiger partial charge in [-0.1, -0.05) is 19.3 Å². The van der Waals surface area contributed by atoms with Crippen molar-refractivity contribution in [1.29, 1.82) is 0 Å². The van der Waals surface area contributed by atoms with Crippen LogP contribution in [0.4, 0.5) is 0 Å². The maximum Gasteiger partial charge on any atom is 0.332 e. The molecular weight excluding hydrogens is 168 g/mol. The van der Waals surface area contributed by atoms with Gasteiger partial charge < -0.3 is 8.85 Å². The van der Waals surface area contributed by atoms with Gasteiger partial charge in [0, 0.05) is 0 Å². The Hall–Kier alpha value is 0.137. The highest BCUT2D eigenvalue weighted by atomic mass is 28.4. The van der Waals surface area contributed by atoms with Crippen LogP contribution in [0.25, 0.3) is 0 Å². The van der Waals surface area contributed by atoms with Crippen LogP contribution in [0.2, 0.25) is 13.1 Å². The van der Waals surface area contributed by atoms with Crippen LogP contribution in [0, 0.1) is 0 Å². The summed E-state index contributed by atoms with van der Waals surface area (Å²) in [6, 6.07) is 0. The van der Waals surface area contributed by atoms with Gasteiger partial charge in [0.15, 0.2) is 0 Å². The van der Waals surface area contributed by atoms with E-state index < -0.39 is 8.56 Å². The molecule has 0 radical (unpaired) electrons. The molecule has 0 spiro atoms. The molecule has 0 bridgehead atoms. The van der Waals surface area contributed by atoms with Crippen LogP contribution in [0.15, 0.2) is 0 Å². The fourth-order valence-electron chi connectivity index (χ4n) is 2.27. The molecule has 0 N–H and O–H groups in total. The molecule has 1 heterocycles. The van der Waals surface area contributed by atoms with E-state index in [2.05, 4.69) is 13.1 Å². The average Bonchev–Trinajstić information content (AvgIpc) is 2.17. The molecule has 0 aromatic heterocycles. The molecule has 0 amide bonds. The van der Waals surface area contributed by atoms with E-state index in [0.717, 1.165) is 0 Å². The van der Waals surface area contributed by atoms with Crippen LogP contribution in [0.1, 0.15) is 32.1 Å². The first-order valence-electron chi connectivity index (χ1n) is 5.03. The third-order valence-electron chi connectivity index (χ3n) is 2.76. The molecule has 2 fully saturated rings. The van der Waals surface area contributed by atoms with E-state index in [-0.39, 0.29) is 0 Å². The largest absolute Gasteiger partial charge is 0.389 e. The lowest BCUT2D eigenvalue weighted by atomic mass is 10.1. The summed E-state index contributed by atoms with van der Waals surface area (Å²) in [5.41, 5.74) is 0. The van der Waals surface area contributed by atoms with Crippen molar-refractivity contribution in [3.05, 3.63) is 0 Å². The van der Waals surface area contributed by atoms with E-state index in [4.69, 9.17) is 8.85 Å². The first kappa shape index (κ1) is 8.72. The van der Waals surface area contributed by atoms with Gasteiger partial charge in [-0.2, -0.15) is 0 Å². The van der Waals surface area contributed by atoms with E-state index in [9.17, 15) is 0 Å². The van der Waals surface area contributed by atoms with Gasteiger partial charge in [-0.15, -0.1) is 0 Å². The summed E-state index contributed by atoms with van der Waals surface area (Å²) in [5.74, 6) is 0. The van der Waals surface area contributed by atoms with Gasteiger partial charge in [0.1, 0.15) is 0 Å². The molecule has 2 unspecified atom stereocenters. The highest BCUT2D eigenvalue weighted by molar-refractivity contribution is 6.65. The van der Waals surface area contributed by atoms with Crippen LogP contribution in [-0.2, 0) is 8.85 Å². The van der Waals surface area contributed by atoms with Crippen LogP contribution in [-0.4, -0.2) is 20.8 Å². The quantitative estimate of drug-likeness (QED) is 0.541. The van der Waals surface area contributed by atoms with Gasteiger partial charge >= 0.3 is 8.56 Å². The highest BCUT2D eigenvalue weighted by Gasteiger charge is 2.43. The maximum atomic E-state index is 5.95. The zero-order valence-corrected chi connectivity index (χ0v) is 9.01. The SMILES string of the molecule is C[Si]1(C)OC2CCCCCC2O1. The van der Waals surface area contributed by atoms with E-state index in [1.54, 1.807) is 0 Å². The number of rotatable bonds is 0. The molecule has 3 heteroatoms. The number of fused-ring (bicyclic) bond motifs is 1. The van der Waals surface area contributed by atoms with Crippen molar-refractivity contribution in [3.63, 3.8) is 0 Å². The summed E-state index contributed by atoms with van der Waals surface area (Å²) in [7, 11) is -1.69. The molecule has 1 saturated heterocycles. The molecule has 1 saturated carbocycles. The van der Waals surface area contributed by atoms with Gasteiger partial charge in [-0.3, -0.25) is 0 Å². The topological polar surface area (TPSA) is 18.5 Å². The third kappa shape index (κ3) is 1.73. The Labute approximate surface area is 75.5 Å². The predicted octanol–water partition coefficient (Wildman–Crippen LogP) is 2.44. The Morgan fingerprint density at radius 2 is 1.42 bits per heavy atom. The second-order valence-corrected chi connectivity index (χ2v) is 7.62. The van der Waals surface area contributed by atoms with Gasteiger partial charge in [-0.05, 0) is 25.9 Å². The Balaban J connectivity index is 2.02.